The molecule has 3 amide bonds. The summed E-state index contributed by atoms with van der Waals surface area (Å²) in [6.07, 6.45) is 0. The lowest BCUT2D eigenvalue weighted by Crippen LogP contribution is -2.51. The molecule has 47 heavy (non-hydrogen) atoms. The van der Waals surface area contributed by atoms with Crippen molar-refractivity contribution >= 4 is 46.1 Å². The van der Waals surface area contributed by atoms with Crippen LogP contribution in [0.25, 0.3) is 16.6 Å². The molecule has 2 N–H and O–H groups in total. The van der Waals surface area contributed by atoms with Crippen molar-refractivity contribution in [2.24, 2.45) is 0 Å². The second kappa shape index (κ2) is 14.7. The van der Waals surface area contributed by atoms with Gasteiger partial charge in [-0.2, -0.15) is 0 Å². The predicted molar refractivity (Wildman–Crippen MR) is 181 cm³/mol. The minimum Gasteiger partial charge on any atom is -0.462 e. The fourth-order valence-corrected chi connectivity index (χ4v) is 5.93. The van der Waals surface area contributed by atoms with E-state index in [1.54, 1.807) is 56.0 Å². The number of urea groups is 1. The summed E-state index contributed by atoms with van der Waals surface area (Å²) in [7, 11) is 0. The Morgan fingerprint density at radius 3 is 2.28 bits per heavy atom. The smallest absolute Gasteiger partial charge is 0.338 e. The van der Waals surface area contributed by atoms with Crippen molar-refractivity contribution in [3.8, 4) is 5.69 Å². The highest BCUT2D eigenvalue weighted by atomic mass is 35.5. The minimum atomic E-state index is -0.701. The van der Waals surface area contributed by atoms with Crippen molar-refractivity contribution in [3.05, 3.63) is 103 Å². The number of esters is 1. The number of halogens is 1. The van der Waals surface area contributed by atoms with Crippen LogP contribution in [0.2, 0.25) is 5.02 Å². The average molecular weight is 661 g/mol. The first-order chi connectivity index (χ1) is 22.6. The molecule has 0 aliphatic carbocycles. The Kier molecular flexibility index (Phi) is 10.4. The maximum atomic E-state index is 13.9. The van der Waals surface area contributed by atoms with Gasteiger partial charge in [0.2, 0.25) is 5.91 Å². The van der Waals surface area contributed by atoms with Crippen molar-refractivity contribution < 1.29 is 19.1 Å². The van der Waals surface area contributed by atoms with Crippen molar-refractivity contribution in [3.63, 3.8) is 0 Å². The lowest BCUT2D eigenvalue weighted by molar-refractivity contribution is -0.121. The zero-order chi connectivity index (χ0) is 33.7. The molecular weight excluding hydrogens is 624 g/mol. The number of nitrogens with one attached hydrogen (secondary N) is 2. The molecule has 3 aromatic carbocycles. The Balaban J connectivity index is 1.32. The molecule has 1 fully saturated rings. The Hall–Kier alpha value is -4.94. The Morgan fingerprint density at radius 1 is 0.936 bits per heavy atom. The Morgan fingerprint density at radius 2 is 1.62 bits per heavy atom. The van der Waals surface area contributed by atoms with Crippen LogP contribution in [0.15, 0.2) is 70.3 Å². The van der Waals surface area contributed by atoms with Gasteiger partial charge in [0.1, 0.15) is 6.54 Å². The number of ether oxygens (including phenoxy) is 1. The number of nitrogens with zero attached hydrogens (tertiary/aromatic N) is 4. The van der Waals surface area contributed by atoms with Gasteiger partial charge in [-0.25, -0.2) is 19.0 Å². The summed E-state index contributed by atoms with van der Waals surface area (Å²) in [5.41, 5.74) is 1.05. The molecule has 246 valence electrons. The lowest BCUT2D eigenvalue weighted by Gasteiger charge is -2.34. The molecule has 2 heterocycles. The number of benzene rings is 3. The summed E-state index contributed by atoms with van der Waals surface area (Å²) in [5.74, 6) is -0.990. The third kappa shape index (κ3) is 7.39. The van der Waals surface area contributed by atoms with Crippen LogP contribution in [-0.4, -0.2) is 82.7 Å². The van der Waals surface area contributed by atoms with Gasteiger partial charge in [-0.1, -0.05) is 29.8 Å². The number of anilines is 1. The maximum absolute atomic E-state index is 13.9. The molecule has 0 spiro atoms. The van der Waals surface area contributed by atoms with Gasteiger partial charge >= 0.3 is 17.7 Å². The normalized spacial score (nSPS) is 13.4. The minimum absolute atomic E-state index is 0.134. The molecule has 1 aliphatic rings. The second-order valence-electron chi connectivity index (χ2n) is 11.3. The van der Waals surface area contributed by atoms with Crippen LogP contribution < -0.4 is 21.9 Å². The van der Waals surface area contributed by atoms with Crippen molar-refractivity contribution in [2.75, 3.05) is 51.2 Å². The van der Waals surface area contributed by atoms with Gasteiger partial charge in [-0.15, -0.1) is 0 Å². The van der Waals surface area contributed by atoms with Crippen LogP contribution in [0.5, 0.6) is 0 Å². The van der Waals surface area contributed by atoms with Crippen LogP contribution in [0.1, 0.15) is 28.4 Å². The van der Waals surface area contributed by atoms with Crippen LogP contribution in [0.4, 0.5) is 10.5 Å². The molecule has 0 radical (unpaired) electrons. The number of hydrogen-bond donors (Lipinski definition) is 2. The summed E-state index contributed by atoms with van der Waals surface area (Å²) in [6, 6.07) is 16.9. The number of para-hydroxylation sites is 1. The van der Waals surface area contributed by atoms with Crippen molar-refractivity contribution in [1.82, 2.24) is 24.3 Å². The van der Waals surface area contributed by atoms with E-state index in [9.17, 15) is 24.0 Å². The van der Waals surface area contributed by atoms with Crippen molar-refractivity contribution in [1.29, 1.82) is 0 Å². The number of fused-ring (bicyclic) bond motifs is 1. The highest BCUT2D eigenvalue weighted by molar-refractivity contribution is 6.30. The van der Waals surface area contributed by atoms with Gasteiger partial charge in [0.25, 0.3) is 5.56 Å². The van der Waals surface area contributed by atoms with Gasteiger partial charge in [0.15, 0.2) is 0 Å². The Labute approximate surface area is 276 Å². The number of aryl methyl sites for hydroxylation is 2. The molecule has 0 unspecified atom stereocenters. The molecule has 4 aromatic rings. The van der Waals surface area contributed by atoms with Crippen LogP contribution in [0.3, 0.4) is 0 Å². The van der Waals surface area contributed by atoms with E-state index < -0.39 is 23.1 Å². The van der Waals surface area contributed by atoms with E-state index in [4.69, 9.17) is 16.3 Å². The van der Waals surface area contributed by atoms with Gasteiger partial charge in [-0.05, 0) is 74.4 Å². The number of aromatic nitrogens is 2. The van der Waals surface area contributed by atoms with E-state index in [1.165, 1.54) is 4.57 Å². The fourth-order valence-electron chi connectivity index (χ4n) is 5.81. The van der Waals surface area contributed by atoms with Crippen molar-refractivity contribution in [2.45, 2.75) is 27.3 Å². The second-order valence-corrected chi connectivity index (χ2v) is 11.7. The van der Waals surface area contributed by atoms with Gasteiger partial charge < -0.3 is 20.3 Å². The van der Waals surface area contributed by atoms with Crippen LogP contribution in [-0.2, 0) is 16.1 Å². The first kappa shape index (κ1) is 33.4. The number of amides is 3. The monoisotopic (exact) mass is 660 g/mol. The molecule has 0 atom stereocenters. The van der Waals surface area contributed by atoms with E-state index >= 15 is 0 Å². The molecule has 0 bridgehead atoms. The summed E-state index contributed by atoms with van der Waals surface area (Å²) >= 11 is 6.06. The SMILES string of the molecule is CCOC(=O)c1c(C)cc2c(c1C)c(=O)n(-c1ccc(Cl)cc1)c(=O)n2CC(=O)NCCN1CCN(C(=O)Nc2ccccc2)CC1. The largest absolute Gasteiger partial charge is 0.462 e. The van der Waals surface area contributed by atoms with E-state index in [-0.39, 0.29) is 41.3 Å². The topological polar surface area (TPSA) is 135 Å². The number of piperazine rings is 1. The molecule has 1 aliphatic heterocycles. The Bertz CT molecular complexity index is 1910. The summed E-state index contributed by atoms with van der Waals surface area (Å²) < 4.78 is 7.47. The predicted octanol–water partition coefficient (Wildman–Crippen LogP) is 3.57. The van der Waals surface area contributed by atoms with E-state index in [1.807, 2.05) is 30.3 Å². The number of carbonyl (C=O) groups excluding carboxylic acids is 3. The molecule has 1 aromatic heterocycles. The molecule has 12 nitrogen and oxygen atoms in total. The molecule has 1 saturated heterocycles. The molecule has 13 heteroatoms. The first-order valence-corrected chi connectivity index (χ1v) is 15.8. The molecular formula is C34H37ClN6O6. The zero-order valence-corrected chi connectivity index (χ0v) is 27.3. The molecule has 5 rings (SSSR count). The average Bonchev–Trinajstić information content (AvgIpc) is 3.04. The van der Waals surface area contributed by atoms with E-state index in [0.717, 1.165) is 10.3 Å². The number of carbonyl (C=O) groups is 3. The maximum Gasteiger partial charge on any atom is 0.338 e. The van der Waals surface area contributed by atoms with Gasteiger partial charge in [0, 0.05) is 50.0 Å². The lowest BCUT2D eigenvalue weighted by atomic mass is 9.98. The summed E-state index contributed by atoms with van der Waals surface area (Å²) in [4.78, 5) is 70.3. The number of hydrogen-bond acceptors (Lipinski definition) is 7. The van der Waals surface area contributed by atoms with Gasteiger partial charge in [0.05, 0.1) is 28.8 Å². The quantitative estimate of drug-likeness (QED) is 0.262. The van der Waals surface area contributed by atoms with E-state index in [2.05, 4.69) is 15.5 Å². The van der Waals surface area contributed by atoms with Crippen LogP contribution in [0, 0.1) is 13.8 Å². The summed E-state index contributed by atoms with van der Waals surface area (Å²) in [5, 5.41) is 6.34. The highest BCUT2D eigenvalue weighted by Gasteiger charge is 2.24. The highest BCUT2D eigenvalue weighted by Crippen LogP contribution is 2.24. The summed E-state index contributed by atoms with van der Waals surface area (Å²) in [6.45, 7) is 8.10. The standard InChI is InChI=1S/C34H37ClN6O6/c1-4-47-32(44)29-22(2)20-27-30(23(29)3)31(43)41(26-12-10-24(35)11-13-26)34(46)40(27)21-28(42)36-14-15-38-16-18-39(19-17-38)33(45)37-25-8-6-5-7-9-25/h5-13,20H,4,14-19,21H2,1-3H3,(H,36,42)(H,37,45). The number of rotatable bonds is 9. The third-order valence-corrected chi connectivity index (χ3v) is 8.44. The van der Waals surface area contributed by atoms with Crippen LogP contribution >= 0.6 is 11.6 Å². The zero-order valence-electron chi connectivity index (χ0n) is 26.5. The fraction of sp³-hybridized carbons (Fsp3) is 0.324. The van der Waals surface area contributed by atoms with E-state index in [0.29, 0.717) is 55.4 Å². The third-order valence-electron chi connectivity index (χ3n) is 8.18. The first-order valence-electron chi connectivity index (χ1n) is 15.4. The molecule has 0 saturated carbocycles. The van der Waals surface area contributed by atoms with Gasteiger partial charge in [-0.3, -0.25) is 19.1 Å².